The van der Waals surface area contributed by atoms with Crippen molar-refractivity contribution in [2.75, 3.05) is 9.80 Å². The number of hydrogen-bond donors (Lipinski definition) is 0. The zero-order valence-corrected chi connectivity index (χ0v) is 29.2. The lowest BCUT2D eigenvalue weighted by atomic mass is 9.96. The second-order valence-corrected chi connectivity index (χ2v) is 13.7. The molecule has 0 aliphatic carbocycles. The maximum Gasteiger partial charge on any atom is 0.159 e. The molecule has 254 valence electrons. The molecule has 4 heteroatoms. The van der Waals surface area contributed by atoms with Gasteiger partial charge < -0.3 is 18.6 Å². The summed E-state index contributed by atoms with van der Waals surface area (Å²) in [7, 11) is 0. The van der Waals surface area contributed by atoms with Crippen LogP contribution in [-0.2, 0) is 0 Å². The largest absolute Gasteiger partial charge is 0.455 e. The molecule has 4 nitrogen and oxygen atoms in total. The van der Waals surface area contributed by atoms with Crippen LogP contribution in [0.1, 0.15) is 0 Å². The number of anilines is 6. The van der Waals surface area contributed by atoms with Crippen LogP contribution in [0.2, 0.25) is 0 Å². The van der Waals surface area contributed by atoms with Crippen LogP contribution >= 0.6 is 0 Å². The van der Waals surface area contributed by atoms with Crippen molar-refractivity contribution >= 4 is 99.5 Å². The van der Waals surface area contributed by atoms with Crippen LogP contribution in [0, 0.1) is 0 Å². The van der Waals surface area contributed by atoms with Gasteiger partial charge >= 0.3 is 0 Å². The van der Waals surface area contributed by atoms with Gasteiger partial charge in [0.15, 0.2) is 5.58 Å². The smallest absolute Gasteiger partial charge is 0.159 e. The highest BCUT2D eigenvalue weighted by molar-refractivity contribution is 6.30. The van der Waals surface area contributed by atoms with Crippen molar-refractivity contribution in [2.24, 2.45) is 0 Å². The first kappa shape index (κ1) is 30.3. The van der Waals surface area contributed by atoms with E-state index in [1.807, 2.05) is 18.2 Å². The summed E-state index contributed by atoms with van der Waals surface area (Å²) < 4.78 is 13.3. The van der Waals surface area contributed by atoms with Gasteiger partial charge in [0.1, 0.15) is 16.7 Å². The number of nitrogens with zero attached hydrogens (tertiary/aromatic N) is 2. The van der Waals surface area contributed by atoms with Gasteiger partial charge in [-0.15, -0.1) is 0 Å². The summed E-state index contributed by atoms with van der Waals surface area (Å²) in [6.07, 6.45) is 0. The van der Waals surface area contributed by atoms with Gasteiger partial charge in [0.05, 0.1) is 5.69 Å². The van der Waals surface area contributed by atoms with Gasteiger partial charge in [0.25, 0.3) is 0 Å². The minimum Gasteiger partial charge on any atom is -0.455 e. The average Bonchev–Trinajstić information content (AvgIpc) is 3.82. The quantitative estimate of drug-likeness (QED) is 0.162. The van der Waals surface area contributed by atoms with Crippen molar-refractivity contribution in [3.05, 3.63) is 194 Å². The molecule has 54 heavy (non-hydrogen) atoms. The van der Waals surface area contributed by atoms with Crippen molar-refractivity contribution in [3.63, 3.8) is 0 Å². The lowest BCUT2D eigenvalue weighted by molar-refractivity contribution is 0.669. The van der Waals surface area contributed by atoms with E-state index in [1.54, 1.807) is 0 Å². The Labute approximate surface area is 311 Å². The predicted molar refractivity (Wildman–Crippen MR) is 225 cm³/mol. The fraction of sp³-hybridized carbons (Fsp3) is 0. The number of benzene rings is 9. The molecule has 2 aromatic heterocycles. The molecule has 11 aromatic rings. The zero-order valence-electron chi connectivity index (χ0n) is 29.2. The first-order chi connectivity index (χ1) is 26.8. The topological polar surface area (TPSA) is 32.8 Å². The summed E-state index contributed by atoms with van der Waals surface area (Å²) in [5, 5.41) is 9.03. The van der Waals surface area contributed by atoms with Crippen molar-refractivity contribution < 1.29 is 8.83 Å². The molecule has 0 atom stereocenters. The van der Waals surface area contributed by atoms with Gasteiger partial charge in [-0.3, -0.25) is 0 Å². The Balaban J connectivity index is 1.19. The van der Waals surface area contributed by atoms with Crippen LogP contribution in [0.25, 0.3) is 65.4 Å². The normalized spacial score (nSPS) is 11.7. The number of hydrogen-bond acceptors (Lipinski definition) is 4. The monoisotopic (exact) mass is 692 g/mol. The minimum absolute atomic E-state index is 0.838. The van der Waals surface area contributed by atoms with E-state index in [0.29, 0.717) is 0 Å². The SMILES string of the molecule is c1ccc(N(c2ccccc2)c2cccc(N(c3ccc4c(c3)c3ccccc3c3c5ccccc5oc43)c3cccc4c3oc3ccccc34)c2)cc1. The third-order valence-electron chi connectivity index (χ3n) is 10.6. The fourth-order valence-electron chi connectivity index (χ4n) is 8.24. The first-order valence-corrected chi connectivity index (χ1v) is 18.3. The van der Waals surface area contributed by atoms with E-state index in [1.165, 1.54) is 10.8 Å². The van der Waals surface area contributed by atoms with E-state index in [2.05, 4.69) is 186 Å². The van der Waals surface area contributed by atoms with Crippen LogP contribution in [0.4, 0.5) is 34.1 Å². The van der Waals surface area contributed by atoms with Crippen molar-refractivity contribution in [3.8, 4) is 0 Å². The van der Waals surface area contributed by atoms with Gasteiger partial charge in [-0.25, -0.2) is 0 Å². The van der Waals surface area contributed by atoms with Crippen molar-refractivity contribution in [1.82, 2.24) is 0 Å². The van der Waals surface area contributed by atoms with E-state index < -0.39 is 0 Å². The molecule has 0 fully saturated rings. The fourth-order valence-corrected chi connectivity index (χ4v) is 8.24. The number of rotatable bonds is 6. The Kier molecular flexibility index (Phi) is 6.82. The summed E-state index contributed by atoms with van der Waals surface area (Å²) in [6, 6.07) is 68.3. The molecule has 0 N–H and O–H groups in total. The van der Waals surface area contributed by atoms with Gasteiger partial charge in [-0.05, 0) is 95.0 Å². The minimum atomic E-state index is 0.838. The summed E-state index contributed by atoms with van der Waals surface area (Å²) >= 11 is 0. The number of fused-ring (bicyclic) bond motifs is 11. The second-order valence-electron chi connectivity index (χ2n) is 13.7. The van der Waals surface area contributed by atoms with E-state index in [4.69, 9.17) is 8.83 Å². The highest BCUT2D eigenvalue weighted by Gasteiger charge is 2.23. The molecule has 0 amide bonds. The van der Waals surface area contributed by atoms with E-state index in [0.717, 1.165) is 88.8 Å². The molecule has 0 saturated heterocycles. The maximum absolute atomic E-state index is 6.71. The molecular formula is C50H32N2O2. The summed E-state index contributed by atoms with van der Waals surface area (Å²) in [5.74, 6) is 0. The van der Waals surface area contributed by atoms with E-state index in [-0.39, 0.29) is 0 Å². The van der Waals surface area contributed by atoms with E-state index >= 15 is 0 Å². The van der Waals surface area contributed by atoms with Crippen LogP contribution < -0.4 is 9.80 Å². The van der Waals surface area contributed by atoms with Crippen LogP contribution in [0.3, 0.4) is 0 Å². The number of furan rings is 2. The summed E-state index contributed by atoms with van der Waals surface area (Å²) in [5.41, 5.74) is 9.69. The Morgan fingerprint density at radius 3 is 1.52 bits per heavy atom. The van der Waals surface area contributed by atoms with E-state index in [9.17, 15) is 0 Å². The van der Waals surface area contributed by atoms with Crippen molar-refractivity contribution in [2.45, 2.75) is 0 Å². The first-order valence-electron chi connectivity index (χ1n) is 18.3. The number of para-hydroxylation sites is 5. The average molecular weight is 693 g/mol. The standard InChI is InChI=1S/C50H32N2O2/c1-3-15-33(16-4-1)51(34-17-5-2-6-18-34)35-19-13-20-36(31-35)52(45-26-14-25-41-39-22-9-11-27-46(39)53-49(41)45)37-29-30-42-44(32-37)38-21-7-8-23-40(38)48-43-24-10-12-28-47(43)54-50(42)48/h1-32H. The molecule has 2 heterocycles. The lowest BCUT2D eigenvalue weighted by Crippen LogP contribution is -2.13. The third kappa shape index (κ3) is 4.70. The van der Waals surface area contributed by atoms with Gasteiger partial charge in [0.2, 0.25) is 0 Å². The Morgan fingerprint density at radius 2 is 0.778 bits per heavy atom. The highest BCUT2D eigenvalue weighted by Crippen LogP contribution is 2.47. The van der Waals surface area contributed by atoms with Crippen LogP contribution in [0.5, 0.6) is 0 Å². The molecular weight excluding hydrogens is 661 g/mol. The predicted octanol–water partition coefficient (Wildman–Crippen LogP) is 14.7. The Hall–Kier alpha value is -7.30. The molecule has 11 rings (SSSR count). The molecule has 0 saturated carbocycles. The van der Waals surface area contributed by atoms with Gasteiger partial charge in [0, 0.05) is 55.4 Å². The molecule has 0 bridgehead atoms. The zero-order chi connectivity index (χ0) is 35.6. The molecule has 0 unspecified atom stereocenters. The Bertz CT molecular complexity index is 3140. The molecule has 0 aliphatic heterocycles. The van der Waals surface area contributed by atoms with Crippen LogP contribution in [-0.4, -0.2) is 0 Å². The van der Waals surface area contributed by atoms with Crippen molar-refractivity contribution in [1.29, 1.82) is 0 Å². The molecule has 0 spiro atoms. The molecule has 0 aliphatic rings. The summed E-state index contributed by atoms with van der Waals surface area (Å²) in [6.45, 7) is 0. The van der Waals surface area contributed by atoms with Crippen LogP contribution in [0.15, 0.2) is 203 Å². The summed E-state index contributed by atoms with van der Waals surface area (Å²) in [4.78, 5) is 4.63. The second kappa shape index (κ2) is 12.1. The Morgan fingerprint density at radius 1 is 0.278 bits per heavy atom. The third-order valence-corrected chi connectivity index (χ3v) is 10.6. The lowest BCUT2D eigenvalue weighted by Gasteiger charge is -2.29. The van der Waals surface area contributed by atoms with Gasteiger partial charge in [-0.1, -0.05) is 115 Å². The molecule has 0 radical (unpaired) electrons. The van der Waals surface area contributed by atoms with Gasteiger partial charge in [-0.2, -0.15) is 0 Å². The molecule has 9 aromatic carbocycles. The highest BCUT2D eigenvalue weighted by atomic mass is 16.3. The maximum atomic E-state index is 6.71.